The van der Waals surface area contributed by atoms with Crippen LogP contribution in [-0.4, -0.2) is 4.98 Å². The molecule has 0 saturated heterocycles. The lowest BCUT2D eigenvalue weighted by molar-refractivity contribution is 0.409. The van der Waals surface area contributed by atoms with Crippen LogP contribution in [0.2, 0.25) is 5.02 Å². The number of thiophene rings is 1. The average Bonchev–Trinajstić information content (AvgIpc) is 3.19. The van der Waals surface area contributed by atoms with E-state index in [0.717, 1.165) is 22.3 Å². The summed E-state index contributed by atoms with van der Waals surface area (Å²) in [6, 6.07) is 12.6. The summed E-state index contributed by atoms with van der Waals surface area (Å²) < 4.78 is 0. The molecular formula is C18H19ClN2S2. The molecule has 2 heterocycles. The van der Waals surface area contributed by atoms with Crippen molar-refractivity contribution in [2.45, 2.75) is 26.4 Å². The molecule has 0 aliphatic carbocycles. The van der Waals surface area contributed by atoms with E-state index in [9.17, 15) is 0 Å². The zero-order chi connectivity index (χ0) is 16.2. The van der Waals surface area contributed by atoms with Gasteiger partial charge in [-0.15, -0.1) is 22.7 Å². The van der Waals surface area contributed by atoms with Crippen molar-refractivity contribution in [1.82, 2.24) is 10.3 Å². The maximum absolute atomic E-state index is 5.99. The second-order valence-electron chi connectivity index (χ2n) is 5.78. The summed E-state index contributed by atoms with van der Waals surface area (Å²) in [5.41, 5.74) is 2.36. The first kappa shape index (κ1) is 16.7. The van der Waals surface area contributed by atoms with Gasteiger partial charge in [-0.1, -0.05) is 43.6 Å². The lowest BCUT2D eigenvalue weighted by atomic mass is 9.96. The number of halogens is 1. The summed E-state index contributed by atoms with van der Waals surface area (Å²) in [7, 11) is 0. The average molecular weight is 363 g/mol. The quantitative estimate of drug-likeness (QED) is 0.580. The molecule has 0 aliphatic rings. The fraction of sp³-hybridized carbons (Fsp3) is 0.278. The Kier molecular flexibility index (Phi) is 5.49. The Morgan fingerprint density at radius 2 is 1.91 bits per heavy atom. The molecule has 2 nitrogen and oxygen atoms in total. The highest BCUT2D eigenvalue weighted by Crippen LogP contribution is 2.28. The monoisotopic (exact) mass is 362 g/mol. The summed E-state index contributed by atoms with van der Waals surface area (Å²) in [6.45, 7) is 5.22. The van der Waals surface area contributed by atoms with Gasteiger partial charge in [-0.25, -0.2) is 4.98 Å². The van der Waals surface area contributed by atoms with Gasteiger partial charge >= 0.3 is 0 Å². The first-order chi connectivity index (χ1) is 11.1. The fourth-order valence-corrected chi connectivity index (χ4v) is 4.28. The molecule has 120 valence electrons. The molecule has 0 aliphatic heterocycles. The van der Waals surface area contributed by atoms with Crippen molar-refractivity contribution in [2.75, 3.05) is 0 Å². The number of hydrogen-bond acceptors (Lipinski definition) is 4. The van der Waals surface area contributed by atoms with Crippen LogP contribution >= 0.6 is 34.3 Å². The second kappa shape index (κ2) is 7.58. The maximum atomic E-state index is 5.99. The maximum Gasteiger partial charge on any atom is 0.133 e. The summed E-state index contributed by atoms with van der Waals surface area (Å²) >= 11 is 9.43. The van der Waals surface area contributed by atoms with E-state index < -0.39 is 0 Å². The predicted molar refractivity (Wildman–Crippen MR) is 101 cm³/mol. The number of rotatable bonds is 6. The molecule has 0 spiro atoms. The molecule has 0 radical (unpaired) electrons. The van der Waals surface area contributed by atoms with Crippen molar-refractivity contribution < 1.29 is 0 Å². The molecule has 0 saturated carbocycles. The Bertz CT molecular complexity index is 733. The Morgan fingerprint density at radius 3 is 2.57 bits per heavy atom. The zero-order valence-corrected chi connectivity index (χ0v) is 15.5. The van der Waals surface area contributed by atoms with E-state index in [1.807, 2.05) is 12.1 Å². The zero-order valence-electron chi connectivity index (χ0n) is 13.1. The highest BCUT2D eigenvalue weighted by atomic mass is 35.5. The molecule has 1 atom stereocenters. The number of benzene rings is 1. The minimum Gasteiger partial charge on any atom is -0.304 e. The largest absolute Gasteiger partial charge is 0.304 e. The normalized spacial score (nSPS) is 12.7. The van der Waals surface area contributed by atoms with Gasteiger partial charge in [0.05, 0.1) is 10.6 Å². The standard InChI is InChI=1S/C18H19ClN2S2/c1-12(2)17(13-5-7-14(19)8-6-13)20-10-15-11-23-18(21-15)16-4-3-9-22-16/h3-9,11-12,17,20H,10H2,1-2H3. The SMILES string of the molecule is CC(C)C(NCc1csc(-c2cccs2)n1)c1ccc(Cl)cc1. The van der Waals surface area contributed by atoms with Crippen LogP contribution in [0.4, 0.5) is 0 Å². The van der Waals surface area contributed by atoms with Crippen molar-refractivity contribution in [1.29, 1.82) is 0 Å². The summed E-state index contributed by atoms with van der Waals surface area (Å²) in [4.78, 5) is 5.97. The third-order valence-electron chi connectivity index (χ3n) is 3.68. The number of hydrogen-bond donors (Lipinski definition) is 1. The van der Waals surface area contributed by atoms with E-state index in [-0.39, 0.29) is 0 Å². The highest BCUT2D eigenvalue weighted by molar-refractivity contribution is 7.20. The predicted octanol–water partition coefficient (Wildman–Crippen LogP) is 6.01. The van der Waals surface area contributed by atoms with Gasteiger partial charge in [-0.3, -0.25) is 0 Å². The molecule has 5 heteroatoms. The van der Waals surface area contributed by atoms with Gasteiger partial charge in [-0.05, 0) is 35.1 Å². The molecule has 0 fully saturated rings. The van der Waals surface area contributed by atoms with Crippen molar-refractivity contribution in [3.8, 4) is 9.88 Å². The van der Waals surface area contributed by atoms with E-state index in [4.69, 9.17) is 16.6 Å². The van der Waals surface area contributed by atoms with Crippen LogP contribution in [-0.2, 0) is 6.54 Å². The molecule has 3 rings (SSSR count). The van der Waals surface area contributed by atoms with Crippen molar-refractivity contribution >= 4 is 34.3 Å². The first-order valence-electron chi connectivity index (χ1n) is 7.60. The third-order valence-corrected chi connectivity index (χ3v) is 5.86. The summed E-state index contributed by atoms with van der Waals surface area (Å²) in [6.07, 6.45) is 0. The minimum absolute atomic E-state index is 0.291. The minimum atomic E-state index is 0.291. The van der Waals surface area contributed by atoms with Crippen molar-refractivity contribution in [3.05, 3.63) is 63.4 Å². The highest BCUT2D eigenvalue weighted by Gasteiger charge is 2.16. The van der Waals surface area contributed by atoms with Crippen LogP contribution in [0.1, 0.15) is 31.1 Å². The van der Waals surface area contributed by atoms with Crippen LogP contribution in [0.3, 0.4) is 0 Å². The van der Waals surface area contributed by atoms with E-state index in [1.165, 1.54) is 10.4 Å². The van der Waals surface area contributed by atoms with Gasteiger partial charge in [0.2, 0.25) is 0 Å². The molecular weight excluding hydrogens is 344 g/mol. The molecule has 1 unspecified atom stereocenters. The van der Waals surface area contributed by atoms with Crippen LogP contribution in [0.5, 0.6) is 0 Å². The molecule has 3 aromatic rings. The van der Waals surface area contributed by atoms with Gasteiger partial charge < -0.3 is 5.32 Å². The molecule has 23 heavy (non-hydrogen) atoms. The number of nitrogens with one attached hydrogen (secondary N) is 1. The van der Waals surface area contributed by atoms with E-state index in [1.54, 1.807) is 22.7 Å². The number of nitrogens with zero attached hydrogens (tertiary/aromatic N) is 1. The smallest absolute Gasteiger partial charge is 0.133 e. The van der Waals surface area contributed by atoms with Gasteiger partial charge in [0.1, 0.15) is 5.01 Å². The topological polar surface area (TPSA) is 24.9 Å². The van der Waals surface area contributed by atoms with Crippen LogP contribution in [0.15, 0.2) is 47.2 Å². The lowest BCUT2D eigenvalue weighted by Gasteiger charge is -2.22. The molecule has 0 amide bonds. The molecule has 0 bridgehead atoms. The van der Waals surface area contributed by atoms with Crippen LogP contribution in [0, 0.1) is 5.92 Å². The first-order valence-corrected chi connectivity index (χ1v) is 9.74. The van der Waals surface area contributed by atoms with E-state index in [0.29, 0.717) is 12.0 Å². The Hall–Kier alpha value is -1.20. The van der Waals surface area contributed by atoms with Gasteiger partial charge in [0, 0.05) is 23.0 Å². The Labute approximate surface area is 150 Å². The van der Waals surface area contributed by atoms with Crippen LogP contribution < -0.4 is 5.32 Å². The molecule has 1 N–H and O–H groups in total. The summed E-state index contributed by atoms with van der Waals surface area (Å²) in [5.74, 6) is 0.492. The fourth-order valence-electron chi connectivity index (χ4n) is 2.52. The van der Waals surface area contributed by atoms with Crippen molar-refractivity contribution in [3.63, 3.8) is 0 Å². The van der Waals surface area contributed by atoms with Gasteiger partial charge in [-0.2, -0.15) is 0 Å². The van der Waals surface area contributed by atoms with E-state index >= 15 is 0 Å². The number of aromatic nitrogens is 1. The molecule has 2 aromatic heterocycles. The summed E-state index contributed by atoms with van der Waals surface area (Å²) in [5, 5.41) is 9.74. The van der Waals surface area contributed by atoms with Gasteiger partial charge in [0.25, 0.3) is 0 Å². The number of thiazole rings is 1. The Balaban J connectivity index is 1.68. The van der Waals surface area contributed by atoms with Gasteiger partial charge in [0.15, 0.2) is 0 Å². The lowest BCUT2D eigenvalue weighted by Crippen LogP contribution is -2.25. The van der Waals surface area contributed by atoms with E-state index in [2.05, 4.69) is 54.2 Å². The Morgan fingerprint density at radius 1 is 1.13 bits per heavy atom. The second-order valence-corrected chi connectivity index (χ2v) is 8.02. The third kappa shape index (κ3) is 4.21. The molecule has 1 aromatic carbocycles. The van der Waals surface area contributed by atoms with Crippen LogP contribution in [0.25, 0.3) is 9.88 Å². The van der Waals surface area contributed by atoms with Crippen molar-refractivity contribution in [2.24, 2.45) is 5.92 Å².